The van der Waals surface area contributed by atoms with Crippen LogP contribution in [0.4, 0.5) is 4.79 Å². The minimum Gasteiger partial charge on any atom is -0.264 e. The number of hydroxylamine groups is 2. The van der Waals surface area contributed by atoms with Gasteiger partial charge >= 0.3 is 5.24 Å². The van der Waals surface area contributed by atoms with Gasteiger partial charge in [0.15, 0.2) is 0 Å². The minimum atomic E-state index is -3.82. The molecule has 0 spiro atoms. The zero-order valence-corrected chi connectivity index (χ0v) is 15.6. The molecule has 0 atom stereocenters. The lowest BCUT2D eigenvalue weighted by molar-refractivity contribution is -0.187. The summed E-state index contributed by atoms with van der Waals surface area (Å²) in [6.07, 6.45) is 1.41. The first-order valence-electron chi connectivity index (χ1n) is 6.44. The van der Waals surface area contributed by atoms with Crippen molar-refractivity contribution in [3.05, 3.63) is 33.4 Å². The van der Waals surface area contributed by atoms with Gasteiger partial charge in [0.25, 0.3) is 0 Å². The third-order valence-corrected chi connectivity index (χ3v) is 3.98. The highest BCUT2D eigenvalue weighted by molar-refractivity contribution is 14.1. The van der Waals surface area contributed by atoms with Gasteiger partial charge in [-0.3, -0.25) is 9.63 Å². The molecular formula is C14H20INO4S. The van der Waals surface area contributed by atoms with Crippen LogP contribution in [0.1, 0.15) is 26.3 Å². The number of carbonyl (C=O) groups excluding carboxylic acids is 1. The summed E-state index contributed by atoms with van der Waals surface area (Å²) >= 11 is 2.21. The summed E-state index contributed by atoms with van der Waals surface area (Å²) in [5.41, 5.74) is 0.367. The van der Waals surface area contributed by atoms with E-state index in [-0.39, 0.29) is 6.54 Å². The van der Waals surface area contributed by atoms with E-state index in [1.165, 1.54) is 0 Å². The van der Waals surface area contributed by atoms with Crippen molar-refractivity contribution in [3.63, 3.8) is 0 Å². The Morgan fingerprint density at radius 3 is 2.19 bits per heavy atom. The summed E-state index contributed by atoms with van der Waals surface area (Å²) in [5, 5.41) is -0.0734. The summed E-state index contributed by atoms with van der Waals surface area (Å²) < 4.78 is 24.0. The molecule has 0 bridgehead atoms. The van der Waals surface area contributed by atoms with E-state index in [2.05, 4.69) is 22.6 Å². The minimum absolute atomic E-state index is 0.184. The van der Waals surface area contributed by atoms with Gasteiger partial charge in [-0.05, 0) is 67.5 Å². The fourth-order valence-corrected chi connectivity index (χ4v) is 2.43. The summed E-state index contributed by atoms with van der Waals surface area (Å²) in [7, 11) is -3.82. The van der Waals surface area contributed by atoms with E-state index in [1.54, 1.807) is 20.8 Å². The zero-order chi connectivity index (χ0) is 16.3. The molecule has 5 nitrogen and oxygen atoms in total. The van der Waals surface area contributed by atoms with Gasteiger partial charge in [-0.1, -0.05) is 12.1 Å². The van der Waals surface area contributed by atoms with Gasteiger partial charge in [-0.15, -0.1) is 0 Å². The maximum Gasteiger partial charge on any atom is 0.362 e. The van der Waals surface area contributed by atoms with Crippen LogP contribution < -0.4 is 0 Å². The lowest BCUT2D eigenvalue weighted by Crippen LogP contribution is -2.41. The number of nitrogens with zero attached hydrogens (tertiary/aromatic N) is 1. The molecule has 0 fully saturated rings. The van der Waals surface area contributed by atoms with Gasteiger partial charge in [-0.25, -0.2) is 13.5 Å². The fourth-order valence-electron chi connectivity index (χ4n) is 1.57. The number of amides is 1. The van der Waals surface area contributed by atoms with Crippen LogP contribution in [0, 0.1) is 3.57 Å². The van der Waals surface area contributed by atoms with Crippen LogP contribution in [0.2, 0.25) is 0 Å². The van der Waals surface area contributed by atoms with Crippen LogP contribution in [0.5, 0.6) is 0 Å². The van der Waals surface area contributed by atoms with E-state index >= 15 is 0 Å². The molecule has 0 N–H and O–H groups in total. The first-order valence-corrected chi connectivity index (χ1v) is 9.41. The first-order chi connectivity index (χ1) is 9.49. The molecule has 1 amide bonds. The molecule has 1 rings (SSSR count). The number of hydrogen-bond donors (Lipinski definition) is 0. The Morgan fingerprint density at radius 2 is 1.76 bits per heavy atom. The average molecular weight is 425 g/mol. The third kappa shape index (κ3) is 6.75. The van der Waals surface area contributed by atoms with Gasteiger partial charge < -0.3 is 0 Å². The maximum atomic E-state index is 11.9. The Morgan fingerprint density at radius 1 is 1.24 bits per heavy atom. The van der Waals surface area contributed by atoms with Crippen LogP contribution >= 0.6 is 22.6 Å². The number of rotatable bonds is 4. The van der Waals surface area contributed by atoms with Crippen LogP contribution in [0.3, 0.4) is 0 Å². The van der Waals surface area contributed by atoms with Gasteiger partial charge in [0, 0.05) is 9.83 Å². The summed E-state index contributed by atoms with van der Waals surface area (Å²) in [4.78, 5) is 17.4. The number of carbonyl (C=O) groups is 1. The molecule has 0 saturated heterocycles. The molecular weight excluding hydrogens is 405 g/mol. The lowest BCUT2D eigenvalue weighted by atomic mass is 10.1. The Balaban J connectivity index is 2.82. The quantitative estimate of drug-likeness (QED) is 0.550. The van der Waals surface area contributed by atoms with Crippen molar-refractivity contribution in [1.82, 2.24) is 5.06 Å². The molecule has 1 aromatic carbocycles. The summed E-state index contributed by atoms with van der Waals surface area (Å²) in [6, 6.07) is 7.82. The average Bonchev–Trinajstić information content (AvgIpc) is 2.33. The second kappa shape index (κ2) is 7.06. The van der Waals surface area contributed by atoms with Crippen molar-refractivity contribution in [2.75, 3.05) is 12.8 Å². The maximum absolute atomic E-state index is 11.9. The Hall–Kier alpha value is -0.670. The molecule has 118 valence electrons. The second-order valence-corrected chi connectivity index (χ2v) is 8.86. The highest BCUT2D eigenvalue weighted by Gasteiger charge is 2.28. The molecule has 0 aliphatic heterocycles. The van der Waals surface area contributed by atoms with Crippen molar-refractivity contribution in [2.24, 2.45) is 0 Å². The number of benzene rings is 1. The monoisotopic (exact) mass is 425 g/mol. The number of sulfone groups is 1. The van der Waals surface area contributed by atoms with E-state index < -0.39 is 20.7 Å². The highest BCUT2D eigenvalue weighted by Crippen LogP contribution is 2.14. The largest absolute Gasteiger partial charge is 0.362 e. The second-order valence-electron chi connectivity index (χ2n) is 5.72. The van der Waals surface area contributed by atoms with Crippen LogP contribution in [0.25, 0.3) is 0 Å². The molecule has 0 aliphatic carbocycles. The van der Waals surface area contributed by atoms with E-state index in [1.807, 2.05) is 24.3 Å². The lowest BCUT2D eigenvalue weighted by Gasteiger charge is -2.29. The van der Waals surface area contributed by atoms with Crippen molar-refractivity contribution in [3.8, 4) is 0 Å². The molecule has 0 saturated carbocycles. The Kier molecular flexibility index (Phi) is 6.18. The van der Waals surface area contributed by atoms with Gasteiger partial charge in [0.1, 0.15) is 0 Å². The third-order valence-electron chi connectivity index (χ3n) is 2.42. The molecule has 7 heteroatoms. The fraction of sp³-hybridized carbons (Fsp3) is 0.500. The van der Waals surface area contributed by atoms with Crippen molar-refractivity contribution in [1.29, 1.82) is 0 Å². The van der Waals surface area contributed by atoms with Crippen LogP contribution in [-0.4, -0.2) is 37.1 Å². The van der Waals surface area contributed by atoms with Gasteiger partial charge in [0.05, 0.1) is 12.1 Å². The van der Waals surface area contributed by atoms with E-state index in [9.17, 15) is 13.2 Å². The highest BCUT2D eigenvalue weighted by atomic mass is 127. The molecule has 0 heterocycles. The number of hydrogen-bond acceptors (Lipinski definition) is 4. The molecule has 1 aromatic rings. The molecule has 0 unspecified atom stereocenters. The summed E-state index contributed by atoms with van der Waals surface area (Å²) in [6.45, 7) is 5.48. The predicted molar refractivity (Wildman–Crippen MR) is 90.6 cm³/mol. The van der Waals surface area contributed by atoms with Crippen molar-refractivity contribution < 1.29 is 18.0 Å². The van der Waals surface area contributed by atoms with Gasteiger partial charge in [-0.2, -0.15) is 0 Å². The number of halogens is 1. The molecule has 0 aliphatic rings. The van der Waals surface area contributed by atoms with Crippen molar-refractivity contribution >= 4 is 37.7 Å². The molecule has 21 heavy (non-hydrogen) atoms. The van der Waals surface area contributed by atoms with E-state index in [4.69, 9.17) is 4.84 Å². The smallest absolute Gasteiger partial charge is 0.264 e. The van der Waals surface area contributed by atoms with Crippen LogP contribution in [-0.2, 0) is 21.1 Å². The standard InChI is InChI=1S/C14H20INO4S/c1-14(2,3)20-16(13(17)21(4,18)19)10-9-11-5-7-12(15)8-6-11/h5-8H,9-10H2,1-4H3. The van der Waals surface area contributed by atoms with E-state index in [0.717, 1.165) is 20.5 Å². The topological polar surface area (TPSA) is 63.7 Å². The van der Waals surface area contributed by atoms with Crippen molar-refractivity contribution in [2.45, 2.75) is 32.8 Å². The SMILES string of the molecule is CC(C)(C)ON(CCc1ccc(I)cc1)C(=O)S(C)(=O)=O. The summed E-state index contributed by atoms with van der Waals surface area (Å²) in [5.74, 6) is 0. The zero-order valence-electron chi connectivity index (χ0n) is 12.6. The Bertz CT molecular complexity index is 590. The normalized spacial score (nSPS) is 12.2. The van der Waals surface area contributed by atoms with Gasteiger partial charge in [0.2, 0.25) is 9.84 Å². The van der Waals surface area contributed by atoms with Crippen LogP contribution in [0.15, 0.2) is 24.3 Å². The predicted octanol–water partition coefficient (Wildman–Crippen LogP) is 3.03. The Labute approximate surface area is 139 Å². The molecule has 0 aromatic heterocycles. The molecule has 0 radical (unpaired) electrons. The van der Waals surface area contributed by atoms with E-state index in [0.29, 0.717) is 6.42 Å². The first kappa shape index (κ1) is 18.4.